The number of benzene rings is 1. The molecule has 2 heterocycles. The number of methoxy groups -OCH3 is 1. The van der Waals surface area contributed by atoms with Crippen molar-refractivity contribution in [3.63, 3.8) is 0 Å². The Morgan fingerprint density at radius 1 is 1.24 bits per heavy atom. The second-order valence-electron chi connectivity index (χ2n) is 6.76. The molecule has 1 fully saturated rings. The van der Waals surface area contributed by atoms with Gasteiger partial charge in [0.1, 0.15) is 11.6 Å². The summed E-state index contributed by atoms with van der Waals surface area (Å²) in [5.74, 6) is -0.822. The molecule has 2 aromatic rings. The average Bonchev–Trinajstić information content (AvgIpc) is 2.77. The van der Waals surface area contributed by atoms with Crippen LogP contribution in [0.15, 0.2) is 41.4 Å². The normalized spacial score (nSPS) is 14.5. The number of hydrogen-bond donors (Lipinski definition) is 0. The molecule has 0 N–H and O–H groups in total. The highest BCUT2D eigenvalue weighted by Gasteiger charge is 2.27. The second-order valence-corrected chi connectivity index (χ2v) is 7.64. The van der Waals surface area contributed by atoms with Crippen LogP contribution in [-0.2, 0) is 14.3 Å². The number of aromatic nitrogens is 1. The van der Waals surface area contributed by atoms with Crippen molar-refractivity contribution in [3.05, 3.63) is 42.3 Å². The Morgan fingerprint density at radius 2 is 2.00 bits per heavy atom. The van der Waals surface area contributed by atoms with E-state index in [0.29, 0.717) is 36.7 Å². The number of carbonyl (C=O) groups excluding carboxylic acids is 2. The van der Waals surface area contributed by atoms with Gasteiger partial charge in [-0.2, -0.15) is 0 Å². The van der Waals surface area contributed by atoms with Crippen LogP contribution in [0.2, 0.25) is 0 Å². The summed E-state index contributed by atoms with van der Waals surface area (Å²) in [5, 5.41) is 0. The van der Waals surface area contributed by atoms with Gasteiger partial charge in [-0.3, -0.25) is 9.78 Å². The number of pyridine rings is 1. The molecule has 0 bridgehead atoms. The fourth-order valence-corrected chi connectivity index (χ4v) is 3.61. The van der Waals surface area contributed by atoms with Crippen LogP contribution >= 0.6 is 11.8 Å². The summed E-state index contributed by atoms with van der Waals surface area (Å²) in [6.07, 6.45) is 5.00. The van der Waals surface area contributed by atoms with Crippen molar-refractivity contribution >= 4 is 23.6 Å². The van der Waals surface area contributed by atoms with Crippen molar-refractivity contribution in [2.75, 3.05) is 33.1 Å². The van der Waals surface area contributed by atoms with Gasteiger partial charge >= 0.3 is 11.9 Å². The zero-order valence-electron chi connectivity index (χ0n) is 16.4. The first-order valence-electron chi connectivity index (χ1n) is 9.31. The number of thioether (sulfide) groups is 1. The third kappa shape index (κ3) is 5.26. The minimum atomic E-state index is -0.828. The molecule has 154 valence electrons. The zero-order chi connectivity index (χ0) is 20.8. The number of likely N-dealkylation sites (tertiary alicyclic amines) is 1. The number of halogens is 1. The molecular weight excluding hydrogens is 395 g/mol. The molecule has 0 unspecified atom stereocenters. The topological polar surface area (TPSA) is 68.7 Å². The van der Waals surface area contributed by atoms with E-state index in [9.17, 15) is 14.0 Å². The van der Waals surface area contributed by atoms with Crippen LogP contribution in [0.5, 0.6) is 5.75 Å². The largest absolute Gasteiger partial charge is 0.492 e. The van der Waals surface area contributed by atoms with Gasteiger partial charge in [0, 0.05) is 23.5 Å². The number of nitrogens with zero attached hydrogens (tertiary/aromatic N) is 2. The van der Waals surface area contributed by atoms with Crippen molar-refractivity contribution in [1.82, 2.24) is 9.88 Å². The maximum atomic E-state index is 14.2. The Morgan fingerprint density at radius 3 is 2.59 bits per heavy atom. The van der Waals surface area contributed by atoms with E-state index in [-0.39, 0.29) is 11.7 Å². The van der Waals surface area contributed by atoms with E-state index in [4.69, 9.17) is 4.74 Å². The summed E-state index contributed by atoms with van der Waals surface area (Å²) in [7, 11) is 1.20. The van der Waals surface area contributed by atoms with E-state index in [1.54, 1.807) is 24.4 Å². The number of esters is 1. The minimum absolute atomic E-state index is 0.285. The lowest BCUT2D eigenvalue weighted by molar-refractivity contribution is -0.158. The second kappa shape index (κ2) is 9.73. The lowest BCUT2D eigenvalue weighted by atomic mass is 9.98. The van der Waals surface area contributed by atoms with Crippen LogP contribution in [0.1, 0.15) is 12.8 Å². The highest BCUT2D eigenvalue weighted by atomic mass is 32.2. The van der Waals surface area contributed by atoms with Crippen molar-refractivity contribution < 1.29 is 23.5 Å². The van der Waals surface area contributed by atoms with E-state index in [1.165, 1.54) is 29.8 Å². The molecule has 0 saturated carbocycles. The first-order chi connectivity index (χ1) is 14.0. The SMILES string of the molecule is COC(=O)C(=O)N1CCC(COc2ccc(-c3ccc(SC)cc3F)nc2)CC1. The first-order valence-corrected chi connectivity index (χ1v) is 10.5. The Balaban J connectivity index is 1.51. The van der Waals surface area contributed by atoms with Gasteiger partial charge in [-0.15, -0.1) is 11.8 Å². The third-order valence-corrected chi connectivity index (χ3v) is 5.66. The van der Waals surface area contributed by atoms with Crippen LogP contribution in [0.3, 0.4) is 0 Å². The summed E-state index contributed by atoms with van der Waals surface area (Å²) in [6.45, 7) is 1.51. The van der Waals surface area contributed by atoms with Crippen molar-refractivity contribution in [1.29, 1.82) is 0 Å². The Hall–Kier alpha value is -2.61. The maximum Gasteiger partial charge on any atom is 0.396 e. The third-order valence-electron chi connectivity index (χ3n) is 4.94. The number of rotatable bonds is 5. The molecule has 1 aromatic carbocycles. The quantitative estimate of drug-likeness (QED) is 0.421. The number of hydrogen-bond acceptors (Lipinski definition) is 6. The molecule has 8 heteroatoms. The minimum Gasteiger partial charge on any atom is -0.492 e. The van der Waals surface area contributed by atoms with Gasteiger partial charge in [0.2, 0.25) is 0 Å². The van der Waals surface area contributed by atoms with Crippen LogP contribution in [0.25, 0.3) is 11.3 Å². The van der Waals surface area contributed by atoms with E-state index in [1.807, 2.05) is 12.3 Å². The Kier molecular flexibility index (Phi) is 7.09. The fourth-order valence-electron chi connectivity index (χ4n) is 3.19. The molecule has 6 nitrogen and oxygen atoms in total. The molecule has 1 saturated heterocycles. The summed E-state index contributed by atoms with van der Waals surface area (Å²) >= 11 is 1.49. The standard InChI is InChI=1S/C21H23FN2O4S/c1-27-21(26)20(25)24-9-7-14(8-10-24)13-28-15-3-6-19(23-12-15)17-5-4-16(29-2)11-18(17)22/h3-6,11-12,14H,7-10,13H2,1-2H3. The molecule has 0 radical (unpaired) electrons. The predicted molar refractivity (Wildman–Crippen MR) is 108 cm³/mol. The molecule has 1 aliphatic heterocycles. The number of piperidine rings is 1. The van der Waals surface area contributed by atoms with Gasteiger partial charge < -0.3 is 14.4 Å². The molecule has 1 aliphatic rings. The van der Waals surface area contributed by atoms with Crippen LogP contribution in [0, 0.1) is 11.7 Å². The van der Waals surface area contributed by atoms with Gasteiger partial charge in [-0.1, -0.05) is 0 Å². The van der Waals surface area contributed by atoms with E-state index in [2.05, 4.69) is 9.72 Å². The van der Waals surface area contributed by atoms with E-state index < -0.39 is 11.9 Å². The lowest BCUT2D eigenvalue weighted by Gasteiger charge is -2.31. The Bertz CT molecular complexity index is 867. The maximum absolute atomic E-state index is 14.2. The molecule has 1 amide bonds. The zero-order valence-corrected chi connectivity index (χ0v) is 17.2. The summed E-state index contributed by atoms with van der Waals surface area (Å²) in [5.41, 5.74) is 1.01. The molecule has 3 rings (SSSR count). The van der Waals surface area contributed by atoms with Gasteiger partial charge in [0.05, 0.1) is 25.6 Å². The highest BCUT2D eigenvalue weighted by molar-refractivity contribution is 7.98. The van der Waals surface area contributed by atoms with Gasteiger partial charge in [-0.25, -0.2) is 9.18 Å². The van der Waals surface area contributed by atoms with Crippen molar-refractivity contribution in [2.45, 2.75) is 17.7 Å². The number of ether oxygens (including phenoxy) is 2. The fraction of sp³-hybridized carbons (Fsp3) is 0.381. The lowest BCUT2D eigenvalue weighted by Crippen LogP contribution is -2.43. The molecule has 29 heavy (non-hydrogen) atoms. The summed E-state index contributed by atoms with van der Waals surface area (Å²) < 4.78 is 24.5. The smallest absolute Gasteiger partial charge is 0.396 e. The molecule has 0 aliphatic carbocycles. The van der Waals surface area contributed by atoms with Gasteiger partial charge in [-0.05, 0) is 55.3 Å². The monoisotopic (exact) mass is 418 g/mol. The van der Waals surface area contributed by atoms with Gasteiger partial charge in [0.15, 0.2) is 0 Å². The first kappa shape index (κ1) is 21.1. The van der Waals surface area contributed by atoms with E-state index >= 15 is 0 Å². The van der Waals surface area contributed by atoms with E-state index in [0.717, 1.165) is 17.7 Å². The highest BCUT2D eigenvalue weighted by Crippen LogP contribution is 2.27. The number of carbonyl (C=O) groups is 2. The van der Waals surface area contributed by atoms with Crippen molar-refractivity contribution in [2.24, 2.45) is 5.92 Å². The molecular formula is C21H23FN2O4S. The number of amides is 1. The Labute approximate surface area is 173 Å². The predicted octanol–water partition coefficient (Wildman–Crippen LogP) is 3.40. The van der Waals surface area contributed by atoms with Crippen LogP contribution < -0.4 is 4.74 Å². The van der Waals surface area contributed by atoms with Crippen LogP contribution in [0.4, 0.5) is 4.39 Å². The molecule has 1 aromatic heterocycles. The average molecular weight is 418 g/mol. The summed E-state index contributed by atoms with van der Waals surface area (Å²) in [6, 6.07) is 8.62. The van der Waals surface area contributed by atoms with Crippen molar-refractivity contribution in [3.8, 4) is 17.0 Å². The molecule has 0 spiro atoms. The van der Waals surface area contributed by atoms with Gasteiger partial charge in [0.25, 0.3) is 0 Å². The van der Waals surface area contributed by atoms with Crippen LogP contribution in [-0.4, -0.2) is 54.8 Å². The summed E-state index contributed by atoms with van der Waals surface area (Å²) in [4.78, 5) is 29.8. The molecule has 0 atom stereocenters.